The molecule has 2 aromatic heterocycles. The summed E-state index contributed by atoms with van der Waals surface area (Å²) in [6.45, 7) is 0.816. The Hall–Kier alpha value is -2.87. The zero-order valence-electron chi connectivity index (χ0n) is 17.2. The van der Waals surface area contributed by atoms with E-state index in [2.05, 4.69) is 15.0 Å². The van der Waals surface area contributed by atoms with Gasteiger partial charge in [0.15, 0.2) is 5.69 Å². The number of imidazole rings is 1. The highest BCUT2D eigenvalue weighted by atomic mass is 19.4. The van der Waals surface area contributed by atoms with Crippen molar-refractivity contribution in [1.82, 2.24) is 15.0 Å². The fourth-order valence-electron chi connectivity index (χ4n) is 3.87. The molecule has 0 atom stereocenters. The number of aromatic amines is 1. The standard InChI is InChI=1S/C23H24F3N3O2/c1-30-14-15-2-7-18(8-3-15)31-19-9-4-16(5-10-19)20-11-6-17(12-27-20)22-28-13-21(29-22)23(24,25)26/h4-6,9-13,15,18H,2-3,7-8,14H2,1H3,(H,28,29)/t15-,18+. The number of pyridine rings is 1. The van der Waals surface area contributed by atoms with Gasteiger partial charge in [0.1, 0.15) is 11.6 Å². The summed E-state index contributed by atoms with van der Waals surface area (Å²) in [5.41, 5.74) is 1.16. The highest BCUT2D eigenvalue weighted by molar-refractivity contribution is 5.63. The Bertz CT molecular complexity index is 977. The lowest BCUT2D eigenvalue weighted by molar-refractivity contribution is -0.140. The third-order valence-corrected chi connectivity index (χ3v) is 5.55. The lowest BCUT2D eigenvalue weighted by atomic mass is 9.88. The second kappa shape index (κ2) is 9.09. The van der Waals surface area contributed by atoms with Crippen LogP contribution in [0.15, 0.2) is 48.8 Å². The van der Waals surface area contributed by atoms with Crippen molar-refractivity contribution in [3.63, 3.8) is 0 Å². The molecular formula is C23H24F3N3O2. The molecule has 1 aromatic carbocycles. The quantitative estimate of drug-likeness (QED) is 0.541. The molecule has 2 heterocycles. The van der Waals surface area contributed by atoms with Gasteiger partial charge in [-0.15, -0.1) is 0 Å². The van der Waals surface area contributed by atoms with Crippen LogP contribution in [0.5, 0.6) is 5.75 Å². The Morgan fingerprint density at radius 2 is 1.71 bits per heavy atom. The molecule has 0 bridgehead atoms. The van der Waals surface area contributed by atoms with Crippen molar-refractivity contribution in [2.45, 2.75) is 38.0 Å². The smallest absolute Gasteiger partial charge is 0.434 e. The van der Waals surface area contributed by atoms with Crippen LogP contribution in [0.3, 0.4) is 0 Å². The molecule has 3 aromatic rings. The van der Waals surface area contributed by atoms with E-state index in [1.54, 1.807) is 19.2 Å². The maximum Gasteiger partial charge on any atom is 0.434 e. The molecule has 164 valence electrons. The zero-order valence-corrected chi connectivity index (χ0v) is 17.2. The number of halogens is 3. The van der Waals surface area contributed by atoms with E-state index in [9.17, 15) is 13.2 Å². The molecule has 0 radical (unpaired) electrons. The van der Waals surface area contributed by atoms with Crippen LogP contribution in [0, 0.1) is 5.92 Å². The number of methoxy groups -OCH3 is 1. The maximum atomic E-state index is 12.7. The maximum absolute atomic E-state index is 12.7. The number of nitrogens with one attached hydrogen (secondary N) is 1. The number of benzene rings is 1. The lowest BCUT2D eigenvalue weighted by Gasteiger charge is -2.28. The van der Waals surface area contributed by atoms with E-state index < -0.39 is 11.9 Å². The van der Waals surface area contributed by atoms with Crippen LogP contribution in [-0.2, 0) is 10.9 Å². The molecular weight excluding hydrogens is 407 g/mol. The van der Waals surface area contributed by atoms with Crippen molar-refractivity contribution < 1.29 is 22.6 Å². The van der Waals surface area contributed by atoms with E-state index in [4.69, 9.17) is 9.47 Å². The lowest BCUT2D eigenvalue weighted by Crippen LogP contribution is -2.25. The number of alkyl halides is 3. The summed E-state index contributed by atoms with van der Waals surface area (Å²) in [6.07, 6.45) is 2.41. The van der Waals surface area contributed by atoms with Gasteiger partial charge in [-0.2, -0.15) is 13.2 Å². The molecule has 1 aliphatic carbocycles. The summed E-state index contributed by atoms with van der Waals surface area (Å²) in [7, 11) is 1.74. The van der Waals surface area contributed by atoms with Crippen LogP contribution in [0.1, 0.15) is 31.4 Å². The summed E-state index contributed by atoms with van der Waals surface area (Å²) in [6, 6.07) is 11.2. The van der Waals surface area contributed by atoms with Gasteiger partial charge in [-0.3, -0.25) is 4.98 Å². The number of hydrogen-bond donors (Lipinski definition) is 1. The third kappa shape index (κ3) is 5.25. The molecule has 31 heavy (non-hydrogen) atoms. The molecule has 0 spiro atoms. The van der Waals surface area contributed by atoms with Crippen molar-refractivity contribution in [3.8, 4) is 28.4 Å². The van der Waals surface area contributed by atoms with Crippen molar-refractivity contribution in [1.29, 1.82) is 0 Å². The molecule has 1 aliphatic rings. The number of aromatic nitrogens is 3. The normalized spacial score (nSPS) is 19.4. The fraction of sp³-hybridized carbons (Fsp3) is 0.391. The molecule has 0 saturated heterocycles. The molecule has 8 heteroatoms. The summed E-state index contributed by atoms with van der Waals surface area (Å²) in [5, 5.41) is 0. The highest BCUT2D eigenvalue weighted by Gasteiger charge is 2.33. The first-order valence-corrected chi connectivity index (χ1v) is 10.3. The van der Waals surface area contributed by atoms with Gasteiger partial charge in [0.2, 0.25) is 0 Å². The van der Waals surface area contributed by atoms with E-state index in [0.717, 1.165) is 55.5 Å². The van der Waals surface area contributed by atoms with Gasteiger partial charge in [0.25, 0.3) is 0 Å². The molecule has 1 saturated carbocycles. The second-order valence-electron chi connectivity index (χ2n) is 7.80. The van der Waals surface area contributed by atoms with Crippen molar-refractivity contribution in [3.05, 3.63) is 54.5 Å². The Morgan fingerprint density at radius 3 is 2.29 bits per heavy atom. The summed E-state index contributed by atoms with van der Waals surface area (Å²) in [5.74, 6) is 1.59. The first kappa shape index (κ1) is 21.4. The second-order valence-corrected chi connectivity index (χ2v) is 7.80. The molecule has 4 rings (SSSR count). The van der Waals surface area contributed by atoms with Crippen LogP contribution in [0.2, 0.25) is 0 Å². The summed E-state index contributed by atoms with van der Waals surface area (Å²) >= 11 is 0. The van der Waals surface area contributed by atoms with E-state index >= 15 is 0 Å². The predicted molar refractivity (Wildman–Crippen MR) is 111 cm³/mol. The fourth-order valence-corrected chi connectivity index (χ4v) is 3.87. The zero-order chi connectivity index (χ0) is 21.8. The van der Waals surface area contributed by atoms with E-state index in [1.807, 2.05) is 24.3 Å². The van der Waals surface area contributed by atoms with Gasteiger partial charge in [0, 0.05) is 37.2 Å². The minimum absolute atomic E-state index is 0.135. The number of ether oxygens (including phenoxy) is 2. The topological polar surface area (TPSA) is 60.0 Å². The Balaban J connectivity index is 1.37. The average Bonchev–Trinajstić information content (AvgIpc) is 3.27. The third-order valence-electron chi connectivity index (χ3n) is 5.55. The van der Waals surface area contributed by atoms with Crippen molar-refractivity contribution in [2.24, 2.45) is 5.92 Å². The molecule has 1 N–H and O–H groups in total. The predicted octanol–water partition coefficient (Wildman–Crippen LogP) is 5.74. The van der Waals surface area contributed by atoms with E-state index in [1.165, 1.54) is 6.20 Å². The molecule has 0 unspecified atom stereocenters. The number of nitrogens with zero attached hydrogens (tertiary/aromatic N) is 2. The minimum Gasteiger partial charge on any atom is -0.490 e. The minimum atomic E-state index is -4.48. The number of H-pyrrole nitrogens is 1. The van der Waals surface area contributed by atoms with Crippen LogP contribution < -0.4 is 4.74 Å². The molecule has 0 aliphatic heterocycles. The molecule has 0 amide bonds. The van der Waals surface area contributed by atoms with Crippen LogP contribution in [0.25, 0.3) is 22.6 Å². The van der Waals surface area contributed by atoms with Gasteiger partial charge in [-0.1, -0.05) is 0 Å². The van der Waals surface area contributed by atoms with Crippen LogP contribution in [0.4, 0.5) is 13.2 Å². The number of hydrogen-bond acceptors (Lipinski definition) is 4. The van der Waals surface area contributed by atoms with Gasteiger partial charge in [0.05, 0.1) is 11.8 Å². The first-order chi connectivity index (χ1) is 14.9. The van der Waals surface area contributed by atoms with Crippen LogP contribution >= 0.6 is 0 Å². The highest BCUT2D eigenvalue weighted by Crippen LogP contribution is 2.31. The van der Waals surface area contributed by atoms with E-state index in [-0.39, 0.29) is 11.9 Å². The summed E-state index contributed by atoms with van der Waals surface area (Å²) in [4.78, 5) is 10.5. The van der Waals surface area contributed by atoms with E-state index in [0.29, 0.717) is 11.5 Å². The van der Waals surface area contributed by atoms with Crippen molar-refractivity contribution >= 4 is 0 Å². The van der Waals surface area contributed by atoms with Gasteiger partial charge >= 0.3 is 6.18 Å². The molecule has 1 fully saturated rings. The molecule has 5 nitrogen and oxygen atoms in total. The Morgan fingerprint density at radius 1 is 1.00 bits per heavy atom. The largest absolute Gasteiger partial charge is 0.490 e. The van der Waals surface area contributed by atoms with Crippen LogP contribution in [-0.4, -0.2) is 34.8 Å². The van der Waals surface area contributed by atoms with Gasteiger partial charge < -0.3 is 14.5 Å². The SMILES string of the molecule is COC[C@H]1CC[C@@H](Oc2ccc(-c3ccc(-c4nc(C(F)(F)F)c[nH]4)cn3)cc2)CC1. The monoisotopic (exact) mass is 431 g/mol. The Labute approximate surface area is 178 Å². The Kier molecular flexibility index (Phi) is 6.27. The van der Waals surface area contributed by atoms with Crippen molar-refractivity contribution in [2.75, 3.05) is 13.7 Å². The summed E-state index contributed by atoms with van der Waals surface area (Å²) < 4.78 is 49.5. The first-order valence-electron chi connectivity index (χ1n) is 10.3. The average molecular weight is 431 g/mol. The number of rotatable bonds is 6. The van der Waals surface area contributed by atoms with Gasteiger partial charge in [-0.25, -0.2) is 4.98 Å². The van der Waals surface area contributed by atoms with Gasteiger partial charge in [-0.05, 0) is 68.0 Å².